The van der Waals surface area contributed by atoms with E-state index in [1.54, 1.807) is 17.0 Å². The quantitative estimate of drug-likeness (QED) is 0.860. The monoisotopic (exact) mass is 280 g/mol. The Morgan fingerprint density at radius 3 is 2.45 bits per heavy atom. The van der Waals surface area contributed by atoms with Crippen molar-refractivity contribution in [2.45, 2.75) is 38.3 Å². The van der Waals surface area contributed by atoms with E-state index in [1.807, 2.05) is 20.8 Å². The molecular formula is C15H21FN2O2. The van der Waals surface area contributed by atoms with Gasteiger partial charge in [0.15, 0.2) is 0 Å². The molecule has 0 aromatic heterocycles. The first-order valence-corrected chi connectivity index (χ1v) is 6.75. The number of amides is 1. The molecule has 0 unspecified atom stereocenters. The molecular weight excluding hydrogens is 259 g/mol. The van der Waals surface area contributed by atoms with Crippen molar-refractivity contribution in [2.24, 2.45) is 5.73 Å². The van der Waals surface area contributed by atoms with Crippen molar-refractivity contribution in [1.29, 1.82) is 0 Å². The van der Waals surface area contributed by atoms with Gasteiger partial charge in [-0.25, -0.2) is 9.18 Å². The molecule has 1 aromatic rings. The van der Waals surface area contributed by atoms with Crippen LogP contribution in [0.4, 0.5) is 9.18 Å². The van der Waals surface area contributed by atoms with E-state index in [-0.39, 0.29) is 23.9 Å². The SMILES string of the molecule is CC(C)(C)OC(=O)N1C[C@H](N)[C@H](c2ccc(F)cc2)C1. The van der Waals surface area contributed by atoms with E-state index in [2.05, 4.69) is 0 Å². The Kier molecular flexibility index (Phi) is 3.99. The van der Waals surface area contributed by atoms with Crippen molar-refractivity contribution >= 4 is 6.09 Å². The predicted molar refractivity (Wildman–Crippen MR) is 74.9 cm³/mol. The summed E-state index contributed by atoms with van der Waals surface area (Å²) in [6, 6.07) is 6.11. The zero-order valence-electron chi connectivity index (χ0n) is 12.1. The Hall–Kier alpha value is -1.62. The highest BCUT2D eigenvalue weighted by Gasteiger charge is 2.35. The standard InChI is InChI=1S/C15H21FN2O2/c1-15(2,3)20-14(19)18-8-12(13(17)9-18)10-4-6-11(16)7-5-10/h4-7,12-13H,8-9,17H2,1-3H3/t12-,13-/m0/s1. The second-order valence-corrected chi connectivity index (χ2v) is 6.21. The molecule has 2 rings (SSSR count). The lowest BCUT2D eigenvalue weighted by atomic mass is 9.95. The molecule has 1 fully saturated rings. The molecule has 1 saturated heterocycles. The molecule has 1 aliphatic heterocycles. The molecule has 110 valence electrons. The highest BCUT2D eigenvalue weighted by molar-refractivity contribution is 5.69. The fourth-order valence-electron chi connectivity index (χ4n) is 2.37. The number of nitrogens with two attached hydrogens (primary N) is 1. The Balaban J connectivity index is 2.05. The summed E-state index contributed by atoms with van der Waals surface area (Å²) in [4.78, 5) is 13.6. The van der Waals surface area contributed by atoms with Crippen LogP contribution in [0.15, 0.2) is 24.3 Å². The topological polar surface area (TPSA) is 55.6 Å². The summed E-state index contributed by atoms with van der Waals surface area (Å²) in [5, 5.41) is 0. The van der Waals surface area contributed by atoms with E-state index >= 15 is 0 Å². The number of likely N-dealkylation sites (tertiary alicyclic amines) is 1. The van der Waals surface area contributed by atoms with Gasteiger partial charge in [-0.05, 0) is 38.5 Å². The number of carbonyl (C=O) groups excluding carboxylic acids is 1. The Bertz CT molecular complexity index is 482. The summed E-state index contributed by atoms with van der Waals surface area (Å²) in [6.45, 7) is 6.45. The fourth-order valence-corrected chi connectivity index (χ4v) is 2.37. The maximum atomic E-state index is 12.9. The van der Waals surface area contributed by atoms with Gasteiger partial charge in [-0.1, -0.05) is 12.1 Å². The van der Waals surface area contributed by atoms with Crippen LogP contribution in [-0.4, -0.2) is 35.7 Å². The summed E-state index contributed by atoms with van der Waals surface area (Å²) in [5.74, 6) is -0.257. The van der Waals surface area contributed by atoms with Crippen LogP contribution >= 0.6 is 0 Å². The smallest absolute Gasteiger partial charge is 0.410 e. The van der Waals surface area contributed by atoms with E-state index in [0.29, 0.717) is 13.1 Å². The number of rotatable bonds is 1. The molecule has 1 amide bonds. The molecule has 1 heterocycles. The van der Waals surface area contributed by atoms with Crippen molar-refractivity contribution in [1.82, 2.24) is 4.90 Å². The minimum absolute atomic E-state index is 0.0168. The van der Waals surface area contributed by atoms with Crippen molar-refractivity contribution < 1.29 is 13.9 Å². The van der Waals surface area contributed by atoms with E-state index in [1.165, 1.54) is 12.1 Å². The molecule has 5 heteroatoms. The van der Waals surface area contributed by atoms with Gasteiger partial charge in [0.25, 0.3) is 0 Å². The van der Waals surface area contributed by atoms with Gasteiger partial charge in [0.2, 0.25) is 0 Å². The van der Waals surface area contributed by atoms with Crippen molar-refractivity contribution in [3.63, 3.8) is 0 Å². The molecule has 0 spiro atoms. The molecule has 0 saturated carbocycles. The lowest BCUT2D eigenvalue weighted by molar-refractivity contribution is 0.0290. The summed E-state index contributed by atoms with van der Waals surface area (Å²) < 4.78 is 18.3. The summed E-state index contributed by atoms with van der Waals surface area (Å²) >= 11 is 0. The molecule has 4 nitrogen and oxygen atoms in total. The van der Waals surface area contributed by atoms with Gasteiger partial charge in [0.05, 0.1) is 0 Å². The van der Waals surface area contributed by atoms with E-state index < -0.39 is 5.60 Å². The third-order valence-corrected chi connectivity index (χ3v) is 3.31. The van der Waals surface area contributed by atoms with E-state index in [4.69, 9.17) is 10.5 Å². The first kappa shape index (κ1) is 14.8. The van der Waals surface area contributed by atoms with Crippen LogP contribution in [0.2, 0.25) is 0 Å². The first-order chi connectivity index (χ1) is 9.26. The second-order valence-electron chi connectivity index (χ2n) is 6.21. The minimum atomic E-state index is -0.519. The number of nitrogens with zero attached hydrogens (tertiary/aromatic N) is 1. The average Bonchev–Trinajstić information content (AvgIpc) is 2.70. The molecule has 20 heavy (non-hydrogen) atoms. The average molecular weight is 280 g/mol. The Morgan fingerprint density at radius 2 is 1.90 bits per heavy atom. The molecule has 0 radical (unpaired) electrons. The highest BCUT2D eigenvalue weighted by Crippen LogP contribution is 2.27. The maximum Gasteiger partial charge on any atom is 0.410 e. The molecule has 0 bridgehead atoms. The highest BCUT2D eigenvalue weighted by atomic mass is 19.1. The third-order valence-electron chi connectivity index (χ3n) is 3.31. The van der Waals surface area contributed by atoms with Crippen LogP contribution in [0.25, 0.3) is 0 Å². The number of hydrogen-bond donors (Lipinski definition) is 1. The zero-order chi connectivity index (χ0) is 14.9. The maximum absolute atomic E-state index is 12.9. The number of halogens is 1. The Morgan fingerprint density at radius 1 is 1.30 bits per heavy atom. The number of benzene rings is 1. The van der Waals surface area contributed by atoms with Gasteiger partial charge >= 0.3 is 6.09 Å². The number of ether oxygens (including phenoxy) is 1. The summed E-state index contributed by atoms with van der Waals surface area (Å²) in [6.07, 6.45) is -0.349. The van der Waals surface area contributed by atoms with Gasteiger partial charge in [0, 0.05) is 25.0 Å². The normalized spacial score (nSPS) is 22.9. The van der Waals surface area contributed by atoms with Gasteiger partial charge < -0.3 is 15.4 Å². The van der Waals surface area contributed by atoms with Crippen LogP contribution in [0, 0.1) is 5.82 Å². The van der Waals surface area contributed by atoms with Gasteiger partial charge in [-0.3, -0.25) is 0 Å². The lowest BCUT2D eigenvalue weighted by Gasteiger charge is -2.24. The van der Waals surface area contributed by atoms with Gasteiger partial charge in [-0.15, -0.1) is 0 Å². The predicted octanol–water partition coefficient (Wildman–Crippen LogP) is 2.49. The second kappa shape index (κ2) is 5.40. The van der Waals surface area contributed by atoms with Crippen molar-refractivity contribution in [2.75, 3.05) is 13.1 Å². The van der Waals surface area contributed by atoms with Crippen LogP contribution in [-0.2, 0) is 4.74 Å². The van der Waals surface area contributed by atoms with E-state index in [9.17, 15) is 9.18 Å². The van der Waals surface area contributed by atoms with Gasteiger partial charge in [0.1, 0.15) is 11.4 Å². The van der Waals surface area contributed by atoms with Crippen LogP contribution in [0.3, 0.4) is 0 Å². The van der Waals surface area contributed by atoms with Crippen LogP contribution < -0.4 is 5.73 Å². The molecule has 2 atom stereocenters. The number of hydrogen-bond acceptors (Lipinski definition) is 3. The molecule has 1 aliphatic rings. The van der Waals surface area contributed by atoms with E-state index in [0.717, 1.165) is 5.56 Å². The van der Waals surface area contributed by atoms with Gasteiger partial charge in [-0.2, -0.15) is 0 Å². The molecule has 2 N–H and O–H groups in total. The number of carbonyl (C=O) groups is 1. The lowest BCUT2D eigenvalue weighted by Crippen LogP contribution is -2.36. The third kappa shape index (κ3) is 3.48. The molecule has 0 aliphatic carbocycles. The van der Waals surface area contributed by atoms with Crippen LogP contribution in [0.5, 0.6) is 0 Å². The minimum Gasteiger partial charge on any atom is -0.444 e. The van der Waals surface area contributed by atoms with Crippen molar-refractivity contribution in [3.05, 3.63) is 35.6 Å². The van der Waals surface area contributed by atoms with Crippen molar-refractivity contribution in [3.8, 4) is 0 Å². The largest absolute Gasteiger partial charge is 0.444 e. The zero-order valence-corrected chi connectivity index (χ0v) is 12.1. The Labute approximate surface area is 118 Å². The first-order valence-electron chi connectivity index (χ1n) is 6.75. The van der Waals surface area contributed by atoms with Crippen LogP contribution in [0.1, 0.15) is 32.3 Å². The summed E-state index contributed by atoms with van der Waals surface area (Å²) in [5.41, 5.74) is 6.53. The molecule has 1 aromatic carbocycles. The summed E-state index contributed by atoms with van der Waals surface area (Å²) in [7, 11) is 0. The fraction of sp³-hybridized carbons (Fsp3) is 0.533.